The molecule has 33 heavy (non-hydrogen) atoms. The van der Waals surface area contributed by atoms with Crippen LogP contribution >= 0.6 is 0 Å². The van der Waals surface area contributed by atoms with Gasteiger partial charge in [0.15, 0.2) is 0 Å². The summed E-state index contributed by atoms with van der Waals surface area (Å²) in [5.74, 6) is 0.113. The van der Waals surface area contributed by atoms with E-state index in [1.807, 2.05) is 49.4 Å². The highest BCUT2D eigenvalue weighted by Crippen LogP contribution is 2.36. The molecule has 0 bridgehead atoms. The smallest absolute Gasteiger partial charge is 0.264 e. The van der Waals surface area contributed by atoms with E-state index < -0.39 is 10.0 Å². The molecule has 3 aromatic rings. The Morgan fingerprint density at radius 3 is 2.55 bits per heavy atom. The lowest BCUT2D eigenvalue weighted by Gasteiger charge is -2.31. The summed E-state index contributed by atoms with van der Waals surface area (Å²) in [5, 5.41) is 0. The van der Waals surface area contributed by atoms with Crippen LogP contribution in [0, 0.1) is 6.92 Å². The molecule has 0 atom stereocenters. The van der Waals surface area contributed by atoms with Gasteiger partial charge in [0.25, 0.3) is 15.9 Å². The first-order valence-corrected chi connectivity index (χ1v) is 12.5. The zero-order chi connectivity index (χ0) is 23.2. The van der Waals surface area contributed by atoms with Gasteiger partial charge in [-0.1, -0.05) is 36.4 Å². The quantitative estimate of drug-likeness (QED) is 0.578. The Balaban J connectivity index is 1.56. The lowest BCUT2D eigenvalue weighted by molar-refractivity contribution is 0.0981. The minimum Gasteiger partial charge on any atom is -0.496 e. The van der Waals surface area contributed by atoms with Crippen molar-refractivity contribution in [3.63, 3.8) is 0 Å². The molecule has 6 nitrogen and oxygen atoms in total. The number of carbonyl (C=O) groups excluding carboxylic acids is 1. The number of nitrogens with zero attached hydrogens (tertiary/aromatic N) is 2. The van der Waals surface area contributed by atoms with E-state index in [0.29, 0.717) is 30.9 Å². The number of fused-ring (bicyclic) bond motifs is 2. The number of aryl methyl sites for hydroxylation is 2. The topological polar surface area (TPSA) is 66.9 Å². The molecule has 1 amide bonds. The Kier molecular flexibility index (Phi) is 5.37. The summed E-state index contributed by atoms with van der Waals surface area (Å²) in [6, 6.07) is 18.1. The number of benzene rings is 3. The number of amides is 1. The van der Waals surface area contributed by atoms with Crippen molar-refractivity contribution in [2.45, 2.75) is 31.1 Å². The van der Waals surface area contributed by atoms with Gasteiger partial charge in [-0.25, -0.2) is 8.42 Å². The van der Waals surface area contributed by atoms with E-state index in [1.165, 1.54) is 23.5 Å². The summed E-state index contributed by atoms with van der Waals surface area (Å²) in [6.45, 7) is 2.96. The van der Waals surface area contributed by atoms with Crippen LogP contribution in [-0.4, -0.2) is 34.5 Å². The molecule has 170 valence electrons. The van der Waals surface area contributed by atoms with Crippen LogP contribution in [0.3, 0.4) is 0 Å². The number of para-hydroxylation sites is 2. The third-order valence-electron chi connectivity index (χ3n) is 6.50. The second kappa shape index (κ2) is 8.23. The van der Waals surface area contributed by atoms with Gasteiger partial charge in [0, 0.05) is 13.1 Å². The van der Waals surface area contributed by atoms with Crippen molar-refractivity contribution >= 4 is 27.3 Å². The van der Waals surface area contributed by atoms with Crippen LogP contribution in [0.5, 0.6) is 5.75 Å². The number of anilines is 2. The van der Waals surface area contributed by atoms with Gasteiger partial charge in [-0.3, -0.25) is 9.10 Å². The van der Waals surface area contributed by atoms with Gasteiger partial charge in [-0.15, -0.1) is 0 Å². The molecule has 0 aliphatic carbocycles. The Bertz CT molecular complexity index is 1350. The van der Waals surface area contributed by atoms with Gasteiger partial charge in [-0.2, -0.15) is 0 Å². The predicted octanol–water partition coefficient (Wildman–Crippen LogP) is 4.35. The van der Waals surface area contributed by atoms with Crippen molar-refractivity contribution in [3.05, 3.63) is 82.9 Å². The zero-order valence-corrected chi connectivity index (χ0v) is 19.6. The van der Waals surface area contributed by atoms with Gasteiger partial charge >= 0.3 is 0 Å². The summed E-state index contributed by atoms with van der Waals surface area (Å²) >= 11 is 0. The average Bonchev–Trinajstić information content (AvgIpc) is 3.28. The van der Waals surface area contributed by atoms with Crippen molar-refractivity contribution in [1.29, 1.82) is 0 Å². The number of ether oxygens (including phenoxy) is 1. The normalized spacial score (nSPS) is 15.2. The van der Waals surface area contributed by atoms with Crippen LogP contribution in [0.1, 0.15) is 33.5 Å². The molecule has 0 fully saturated rings. The maximum atomic E-state index is 13.7. The highest BCUT2D eigenvalue weighted by atomic mass is 32.2. The number of hydrogen-bond donors (Lipinski definition) is 0. The first-order chi connectivity index (χ1) is 15.9. The van der Waals surface area contributed by atoms with Gasteiger partial charge < -0.3 is 9.64 Å². The van der Waals surface area contributed by atoms with Gasteiger partial charge in [0.1, 0.15) is 5.75 Å². The summed E-state index contributed by atoms with van der Waals surface area (Å²) in [7, 11) is -2.33. The maximum absolute atomic E-state index is 13.7. The first-order valence-electron chi connectivity index (χ1n) is 11.1. The number of methoxy groups -OCH3 is 1. The third kappa shape index (κ3) is 3.56. The SMILES string of the molecule is COc1ccc(S(=O)(=O)N2CCc3ccccc32)cc1C(=O)N1CCCc2cccc(C)c21. The number of rotatable bonds is 4. The predicted molar refractivity (Wildman–Crippen MR) is 129 cm³/mol. The van der Waals surface area contributed by atoms with Gasteiger partial charge in [0.05, 0.1) is 28.9 Å². The molecule has 3 aromatic carbocycles. The minimum absolute atomic E-state index is 0.0883. The molecule has 2 heterocycles. The standard InChI is InChI=1S/C26H26N2O4S/c1-18-7-5-9-20-10-6-15-27(25(18)20)26(29)22-17-21(12-13-24(22)32-2)33(30,31)28-16-14-19-8-3-4-11-23(19)28/h3-5,7-9,11-13,17H,6,10,14-16H2,1-2H3. The molecular formula is C26H26N2O4S. The van der Waals surface area contributed by atoms with Crippen LogP contribution in [0.4, 0.5) is 11.4 Å². The summed E-state index contributed by atoms with van der Waals surface area (Å²) in [6.07, 6.45) is 2.44. The fourth-order valence-electron chi connectivity index (χ4n) is 4.90. The van der Waals surface area contributed by atoms with E-state index in [9.17, 15) is 13.2 Å². The van der Waals surface area contributed by atoms with E-state index >= 15 is 0 Å². The van der Waals surface area contributed by atoms with Crippen molar-refractivity contribution in [2.24, 2.45) is 0 Å². The van der Waals surface area contributed by atoms with E-state index in [0.717, 1.165) is 35.2 Å². The molecule has 2 aliphatic rings. The lowest BCUT2D eigenvalue weighted by atomic mass is 9.97. The number of sulfonamides is 1. The molecule has 0 N–H and O–H groups in total. The monoisotopic (exact) mass is 462 g/mol. The number of carbonyl (C=O) groups is 1. The molecule has 2 aliphatic heterocycles. The average molecular weight is 463 g/mol. The van der Waals surface area contributed by atoms with Crippen LogP contribution in [-0.2, 0) is 22.9 Å². The van der Waals surface area contributed by atoms with Crippen LogP contribution < -0.4 is 13.9 Å². The van der Waals surface area contributed by atoms with E-state index in [-0.39, 0.29) is 16.4 Å². The fraction of sp³-hybridized carbons (Fsp3) is 0.269. The van der Waals surface area contributed by atoms with Crippen LogP contribution in [0.2, 0.25) is 0 Å². The maximum Gasteiger partial charge on any atom is 0.264 e. The van der Waals surface area contributed by atoms with E-state index in [1.54, 1.807) is 11.0 Å². The molecule has 7 heteroatoms. The van der Waals surface area contributed by atoms with E-state index in [4.69, 9.17) is 4.74 Å². The molecule has 0 saturated carbocycles. The molecular weight excluding hydrogens is 436 g/mol. The second-order valence-electron chi connectivity index (χ2n) is 8.46. The minimum atomic E-state index is -3.83. The van der Waals surface area contributed by atoms with Gasteiger partial charge in [0.2, 0.25) is 0 Å². The van der Waals surface area contributed by atoms with Crippen molar-refractivity contribution in [1.82, 2.24) is 0 Å². The second-order valence-corrected chi connectivity index (χ2v) is 10.3. The number of hydrogen-bond acceptors (Lipinski definition) is 4. The lowest BCUT2D eigenvalue weighted by Crippen LogP contribution is -2.36. The van der Waals surface area contributed by atoms with E-state index in [2.05, 4.69) is 0 Å². The molecule has 0 aromatic heterocycles. The largest absolute Gasteiger partial charge is 0.496 e. The van der Waals surface area contributed by atoms with Crippen molar-refractivity contribution in [2.75, 3.05) is 29.4 Å². The molecule has 0 radical (unpaired) electrons. The van der Waals surface area contributed by atoms with Crippen molar-refractivity contribution < 1.29 is 17.9 Å². The van der Waals surface area contributed by atoms with Gasteiger partial charge in [-0.05, 0) is 67.1 Å². The molecule has 0 unspecified atom stereocenters. The third-order valence-corrected chi connectivity index (χ3v) is 8.31. The van der Waals surface area contributed by atoms with Crippen LogP contribution in [0.15, 0.2) is 65.6 Å². The summed E-state index contributed by atoms with van der Waals surface area (Å²) in [4.78, 5) is 15.6. The zero-order valence-electron chi connectivity index (χ0n) is 18.7. The van der Waals surface area contributed by atoms with Crippen LogP contribution in [0.25, 0.3) is 0 Å². The fourth-order valence-corrected chi connectivity index (χ4v) is 6.43. The molecule has 5 rings (SSSR count). The molecule has 0 saturated heterocycles. The molecule has 0 spiro atoms. The summed E-state index contributed by atoms with van der Waals surface area (Å²) in [5.41, 5.74) is 5.02. The Labute approximate surface area is 194 Å². The highest BCUT2D eigenvalue weighted by molar-refractivity contribution is 7.92. The Morgan fingerprint density at radius 1 is 0.939 bits per heavy atom. The highest BCUT2D eigenvalue weighted by Gasteiger charge is 2.33. The first kappa shape index (κ1) is 21.5. The Morgan fingerprint density at radius 2 is 1.73 bits per heavy atom. The summed E-state index contributed by atoms with van der Waals surface area (Å²) < 4.78 is 34.0. The Hall–Kier alpha value is -3.32. The van der Waals surface area contributed by atoms with Crippen molar-refractivity contribution in [3.8, 4) is 5.75 Å².